The molecule has 0 aliphatic heterocycles. The van der Waals surface area contributed by atoms with Gasteiger partial charge in [-0.15, -0.1) is 0 Å². The molecule has 3 nitrogen and oxygen atoms in total. The Morgan fingerprint density at radius 1 is 1.05 bits per heavy atom. The van der Waals surface area contributed by atoms with Crippen LogP contribution in [0.15, 0.2) is 48.5 Å². The van der Waals surface area contributed by atoms with Crippen molar-refractivity contribution in [1.29, 1.82) is 0 Å². The number of ether oxygens (including phenoxy) is 1. The van der Waals surface area contributed by atoms with Gasteiger partial charge in [-0.1, -0.05) is 12.1 Å². The number of benzene rings is 2. The molecule has 0 aliphatic rings. The van der Waals surface area contributed by atoms with E-state index >= 15 is 0 Å². The predicted molar refractivity (Wildman–Crippen MR) is 71.4 cm³/mol. The van der Waals surface area contributed by atoms with Gasteiger partial charge in [0.15, 0.2) is 0 Å². The molecule has 0 heterocycles. The highest BCUT2D eigenvalue weighted by Crippen LogP contribution is 2.32. The van der Waals surface area contributed by atoms with E-state index in [0.29, 0.717) is 5.56 Å². The van der Waals surface area contributed by atoms with Crippen molar-refractivity contribution in [2.24, 2.45) is 0 Å². The zero-order valence-electron chi connectivity index (χ0n) is 11.1. The third-order valence-electron chi connectivity index (χ3n) is 2.72. The maximum absolute atomic E-state index is 12.6. The molecule has 110 valence electrons. The largest absolute Gasteiger partial charge is 0.457 e. The summed E-state index contributed by atoms with van der Waals surface area (Å²) in [4.78, 5) is 11.5. The smallest absolute Gasteiger partial charge is 0.416 e. The molecule has 1 N–H and O–H groups in total. The number of halogens is 3. The van der Waals surface area contributed by atoms with E-state index in [0.717, 1.165) is 12.1 Å². The summed E-state index contributed by atoms with van der Waals surface area (Å²) in [6, 6.07) is 10.8. The maximum Gasteiger partial charge on any atom is 0.416 e. The van der Waals surface area contributed by atoms with Crippen LogP contribution in [0.1, 0.15) is 15.9 Å². The highest BCUT2D eigenvalue weighted by Gasteiger charge is 2.30. The van der Waals surface area contributed by atoms with Crippen molar-refractivity contribution < 1.29 is 22.7 Å². The van der Waals surface area contributed by atoms with Gasteiger partial charge >= 0.3 is 6.18 Å². The van der Waals surface area contributed by atoms with E-state index in [1.165, 1.54) is 25.2 Å². The Labute approximate surface area is 119 Å². The number of hydrogen-bond donors (Lipinski definition) is 1. The van der Waals surface area contributed by atoms with Gasteiger partial charge < -0.3 is 10.1 Å². The molecule has 0 saturated carbocycles. The number of alkyl halides is 3. The molecule has 2 rings (SSSR count). The molecular formula is C15H12F3NO2. The van der Waals surface area contributed by atoms with Gasteiger partial charge in [0.1, 0.15) is 11.5 Å². The van der Waals surface area contributed by atoms with Crippen molar-refractivity contribution in [3.63, 3.8) is 0 Å². The van der Waals surface area contributed by atoms with Gasteiger partial charge in [-0.05, 0) is 36.4 Å². The second kappa shape index (κ2) is 5.87. The highest BCUT2D eigenvalue weighted by atomic mass is 19.4. The van der Waals surface area contributed by atoms with Gasteiger partial charge in [0, 0.05) is 12.6 Å². The van der Waals surface area contributed by atoms with Crippen molar-refractivity contribution in [3.8, 4) is 11.5 Å². The minimum Gasteiger partial charge on any atom is -0.457 e. The van der Waals surface area contributed by atoms with Gasteiger partial charge in [-0.25, -0.2) is 0 Å². The fourth-order valence-corrected chi connectivity index (χ4v) is 1.72. The summed E-state index contributed by atoms with van der Waals surface area (Å²) in [5.41, 5.74) is -0.426. The Balaban J connectivity index is 2.24. The third kappa shape index (κ3) is 3.75. The Bertz CT molecular complexity index is 653. The topological polar surface area (TPSA) is 38.3 Å². The molecule has 0 atom stereocenters. The molecule has 0 aromatic heterocycles. The lowest BCUT2D eigenvalue weighted by atomic mass is 10.2. The van der Waals surface area contributed by atoms with Crippen LogP contribution in [0.2, 0.25) is 0 Å². The average Bonchev–Trinajstić information content (AvgIpc) is 2.46. The normalized spacial score (nSPS) is 11.0. The summed E-state index contributed by atoms with van der Waals surface area (Å²) >= 11 is 0. The number of nitrogens with one attached hydrogen (secondary N) is 1. The molecule has 1 amide bonds. The SMILES string of the molecule is CNC(=O)c1cccc(Oc2cccc(C(F)(F)F)c2)c1. The summed E-state index contributed by atoms with van der Waals surface area (Å²) in [6.45, 7) is 0. The van der Waals surface area contributed by atoms with Gasteiger partial charge in [-0.3, -0.25) is 4.79 Å². The number of hydrogen-bond acceptors (Lipinski definition) is 2. The van der Waals surface area contributed by atoms with E-state index < -0.39 is 11.7 Å². The Kier molecular flexibility index (Phi) is 4.16. The summed E-state index contributed by atoms with van der Waals surface area (Å²) in [6.07, 6.45) is -4.43. The average molecular weight is 295 g/mol. The van der Waals surface area contributed by atoms with Crippen LogP contribution in [0, 0.1) is 0 Å². The van der Waals surface area contributed by atoms with Crippen molar-refractivity contribution in [2.75, 3.05) is 7.05 Å². The number of carbonyl (C=O) groups is 1. The second-order valence-corrected chi connectivity index (χ2v) is 4.23. The van der Waals surface area contributed by atoms with Crippen LogP contribution in [-0.2, 0) is 6.18 Å². The minimum atomic E-state index is -4.43. The molecule has 0 aliphatic carbocycles. The van der Waals surface area contributed by atoms with Gasteiger partial charge in [0.25, 0.3) is 5.91 Å². The van der Waals surface area contributed by atoms with Crippen molar-refractivity contribution in [1.82, 2.24) is 5.32 Å². The Morgan fingerprint density at radius 2 is 1.67 bits per heavy atom. The van der Waals surface area contributed by atoms with Crippen molar-refractivity contribution >= 4 is 5.91 Å². The van der Waals surface area contributed by atoms with Crippen LogP contribution in [0.25, 0.3) is 0 Å². The molecule has 0 bridgehead atoms. The molecule has 0 unspecified atom stereocenters. The molecule has 0 radical (unpaired) electrons. The van der Waals surface area contributed by atoms with E-state index in [1.54, 1.807) is 18.2 Å². The molecule has 2 aromatic carbocycles. The quantitative estimate of drug-likeness (QED) is 0.933. The van der Waals surface area contributed by atoms with Crippen LogP contribution < -0.4 is 10.1 Å². The van der Waals surface area contributed by atoms with Crippen LogP contribution in [-0.4, -0.2) is 13.0 Å². The summed E-state index contributed by atoms with van der Waals surface area (Å²) in [7, 11) is 1.49. The fourth-order valence-electron chi connectivity index (χ4n) is 1.72. The molecule has 2 aromatic rings. The van der Waals surface area contributed by atoms with Crippen LogP contribution >= 0.6 is 0 Å². The summed E-state index contributed by atoms with van der Waals surface area (Å²) < 4.78 is 43.2. The molecule has 0 saturated heterocycles. The lowest BCUT2D eigenvalue weighted by molar-refractivity contribution is -0.137. The first-order chi connectivity index (χ1) is 9.90. The van der Waals surface area contributed by atoms with Gasteiger partial charge in [0.2, 0.25) is 0 Å². The first-order valence-corrected chi connectivity index (χ1v) is 6.07. The monoisotopic (exact) mass is 295 g/mol. The molecule has 21 heavy (non-hydrogen) atoms. The van der Waals surface area contributed by atoms with Crippen molar-refractivity contribution in [2.45, 2.75) is 6.18 Å². The molecule has 6 heteroatoms. The molecule has 0 fully saturated rings. The number of carbonyl (C=O) groups excluding carboxylic acids is 1. The third-order valence-corrected chi connectivity index (χ3v) is 2.72. The number of rotatable bonds is 3. The van der Waals surface area contributed by atoms with Crippen molar-refractivity contribution in [3.05, 3.63) is 59.7 Å². The van der Waals surface area contributed by atoms with Crippen LogP contribution in [0.5, 0.6) is 11.5 Å². The van der Waals surface area contributed by atoms with E-state index in [9.17, 15) is 18.0 Å². The summed E-state index contributed by atoms with van der Waals surface area (Å²) in [5, 5.41) is 2.46. The Hall–Kier alpha value is -2.50. The van der Waals surface area contributed by atoms with Gasteiger partial charge in [0.05, 0.1) is 5.56 Å². The van der Waals surface area contributed by atoms with Crippen LogP contribution in [0.4, 0.5) is 13.2 Å². The van der Waals surface area contributed by atoms with E-state index in [2.05, 4.69) is 5.32 Å². The van der Waals surface area contributed by atoms with E-state index in [1.807, 2.05) is 0 Å². The zero-order chi connectivity index (χ0) is 15.5. The summed E-state index contributed by atoms with van der Waals surface area (Å²) in [5.74, 6) is 0.0406. The van der Waals surface area contributed by atoms with Crippen LogP contribution in [0.3, 0.4) is 0 Å². The van der Waals surface area contributed by atoms with Gasteiger partial charge in [-0.2, -0.15) is 13.2 Å². The maximum atomic E-state index is 12.6. The zero-order valence-corrected chi connectivity index (χ0v) is 11.1. The lowest BCUT2D eigenvalue weighted by Gasteiger charge is -2.10. The standard InChI is InChI=1S/C15H12F3NO2/c1-19-14(20)10-4-2-6-12(8-10)21-13-7-3-5-11(9-13)15(16,17)18/h2-9H,1H3,(H,19,20). The number of amides is 1. The predicted octanol–water partition coefficient (Wildman–Crippen LogP) is 3.86. The molecule has 0 spiro atoms. The Morgan fingerprint density at radius 3 is 2.29 bits per heavy atom. The fraction of sp³-hybridized carbons (Fsp3) is 0.133. The first kappa shape index (κ1) is 14.9. The van der Waals surface area contributed by atoms with E-state index in [4.69, 9.17) is 4.74 Å². The highest BCUT2D eigenvalue weighted by molar-refractivity contribution is 5.94. The lowest BCUT2D eigenvalue weighted by Crippen LogP contribution is -2.17. The second-order valence-electron chi connectivity index (χ2n) is 4.23. The minimum absolute atomic E-state index is 0.0545. The molecular weight excluding hydrogens is 283 g/mol. The van der Waals surface area contributed by atoms with E-state index in [-0.39, 0.29) is 17.4 Å². The first-order valence-electron chi connectivity index (χ1n) is 6.07.